The number of anilines is 1. The SMILES string of the molecule is CC1CCC(Nc2cc(-n3cnnn3)ccc2Cl)C(C)C1. The maximum absolute atomic E-state index is 6.33. The van der Waals surface area contributed by atoms with E-state index in [-0.39, 0.29) is 0 Å². The third-order valence-electron chi connectivity index (χ3n) is 4.34. The second-order valence-corrected chi connectivity index (χ2v) is 6.47. The molecule has 1 saturated carbocycles. The fourth-order valence-electron chi connectivity index (χ4n) is 3.13. The molecular formula is C15H20ClN5. The minimum atomic E-state index is 0.475. The van der Waals surface area contributed by atoms with E-state index < -0.39 is 0 Å². The molecule has 0 aliphatic heterocycles. The van der Waals surface area contributed by atoms with Crippen LogP contribution in [-0.2, 0) is 0 Å². The third-order valence-corrected chi connectivity index (χ3v) is 4.67. The normalized spacial score (nSPS) is 25.8. The highest BCUT2D eigenvalue weighted by Gasteiger charge is 2.25. The minimum Gasteiger partial charge on any atom is -0.381 e. The van der Waals surface area contributed by atoms with Crippen LogP contribution in [0.3, 0.4) is 0 Å². The summed E-state index contributed by atoms with van der Waals surface area (Å²) in [5, 5.41) is 15.6. The van der Waals surface area contributed by atoms with Gasteiger partial charge in [0.2, 0.25) is 0 Å². The van der Waals surface area contributed by atoms with Crippen molar-refractivity contribution in [1.29, 1.82) is 0 Å². The number of benzene rings is 1. The van der Waals surface area contributed by atoms with Crippen molar-refractivity contribution >= 4 is 17.3 Å². The Morgan fingerprint density at radius 2 is 2.14 bits per heavy atom. The van der Waals surface area contributed by atoms with Gasteiger partial charge in [-0.3, -0.25) is 0 Å². The van der Waals surface area contributed by atoms with Crippen LogP contribution in [0.15, 0.2) is 24.5 Å². The first-order chi connectivity index (χ1) is 10.1. The fraction of sp³-hybridized carbons (Fsp3) is 0.533. The molecule has 3 rings (SSSR count). The van der Waals surface area contributed by atoms with E-state index in [1.165, 1.54) is 19.3 Å². The molecule has 6 heteroatoms. The van der Waals surface area contributed by atoms with Gasteiger partial charge >= 0.3 is 0 Å². The Morgan fingerprint density at radius 3 is 2.86 bits per heavy atom. The van der Waals surface area contributed by atoms with Crippen molar-refractivity contribution in [2.45, 2.75) is 39.2 Å². The lowest BCUT2D eigenvalue weighted by Crippen LogP contribution is -2.33. The number of tetrazole rings is 1. The van der Waals surface area contributed by atoms with Crippen molar-refractivity contribution in [2.75, 3.05) is 5.32 Å². The molecule has 1 aliphatic carbocycles. The summed E-state index contributed by atoms with van der Waals surface area (Å²) in [5.41, 5.74) is 1.86. The number of rotatable bonds is 3. The minimum absolute atomic E-state index is 0.475. The first kappa shape index (κ1) is 14.3. The zero-order valence-corrected chi connectivity index (χ0v) is 13.1. The van der Waals surface area contributed by atoms with Gasteiger partial charge in [-0.15, -0.1) is 5.10 Å². The molecule has 3 unspecified atom stereocenters. The van der Waals surface area contributed by atoms with Crippen molar-refractivity contribution in [3.05, 3.63) is 29.5 Å². The molecule has 1 heterocycles. The van der Waals surface area contributed by atoms with Gasteiger partial charge in [0, 0.05) is 6.04 Å². The molecule has 1 N–H and O–H groups in total. The van der Waals surface area contributed by atoms with Crippen molar-refractivity contribution in [2.24, 2.45) is 11.8 Å². The Hall–Kier alpha value is -1.62. The average Bonchev–Trinajstić information content (AvgIpc) is 2.98. The fourth-order valence-corrected chi connectivity index (χ4v) is 3.30. The van der Waals surface area contributed by atoms with E-state index in [2.05, 4.69) is 34.7 Å². The summed E-state index contributed by atoms with van der Waals surface area (Å²) in [6, 6.07) is 6.28. The summed E-state index contributed by atoms with van der Waals surface area (Å²) >= 11 is 6.33. The van der Waals surface area contributed by atoms with Gasteiger partial charge in [0.05, 0.1) is 16.4 Å². The molecule has 2 aromatic rings. The summed E-state index contributed by atoms with van der Waals surface area (Å²) in [4.78, 5) is 0. The number of aromatic nitrogens is 4. The molecule has 1 fully saturated rings. The summed E-state index contributed by atoms with van der Waals surface area (Å²) in [7, 11) is 0. The molecule has 0 radical (unpaired) electrons. The summed E-state index contributed by atoms with van der Waals surface area (Å²) in [5.74, 6) is 1.47. The van der Waals surface area contributed by atoms with Gasteiger partial charge in [-0.1, -0.05) is 25.4 Å². The number of halogens is 1. The van der Waals surface area contributed by atoms with Crippen molar-refractivity contribution in [3.8, 4) is 5.69 Å². The van der Waals surface area contributed by atoms with Gasteiger partial charge < -0.3 is 5.32 Å². The van der Waals surface area contributed by atoms with Gasteiger partial charge in [0.1, 0.15) is 6.33 Å². The standard InChI is InChI=1S/C15H20ClN5/c1-10-3-6-14(11(2)7-10)18-15-8-12(4-5-13(15)16)21-9-17-19-20-21/h4-5,8-11,14,18H,3,6-7H2,1-2H3. The topological polar surface area (TPSA) is 55.6 Å². The summed E-state index contributed by atoms with van der Waals surface area (Å²) < 4.78 is 1.63. The molecule has 1 aromatic carbocycles. The van der Waals surface area contributed by atoms with Crippen molar-refractivity contribution in [3.63, 3.8) is 0 Å². The van der Waals surface area contributed by atoms with Gasteiger partial charge in [-0.2, -0.15) is 0 Å². The van der Waals surface area contributed by atoms with Gasteiger partial charge in [0.25, 0.3) is 0 Å². The van der Waals surface area contributed by atoms with Gasteiger partial charge in [-0.25, -0.2) is 4.68 Å². The lowest BCUT2D eigenvalue weighted by Gasteiger charge is -2.34. The maximum Gasteiger partial charge on any atom is 0.143 e. The summed E-state index contributed by atoms with van der Waals surface area (Å²) in [6.45, 7) is 4.64. The Labute approximate surface area is 129 Å². The van der Waals surface area contributed by atoms with E-state index in [0.29, 0.717) is 12.0 Å². The Balaban J connectivity index is 1.80. The van der Waals surface area contributed by atoms with E-state index in [9.17, 15) is 0 Å². The van der Waals surface area contributed by atoms with E-state index in [1.54, 1.807) is 11.0 Å². The van der Waals surface area contributed by atoms with E-state index in [1.807, 2.05) is 18.2 Å². The quantitative estimate of drug-likeness (QED) is 0.942. The van der Waals surface area contributed by atoms with Crippen molar-refractivity contribution in [1.82, 2.24) is 20.2 Å². The second-order valence-electron chi connectivity index (χ2n) is 6.06. The number of nitrogens with one attached hydrogen (secondary N) is 1. The highest BCUT2D eigenvalue weighted by Crippen LogP contribution is 2.33. The largest absolute Gasteiger partial charge is 0.381 e. The maximum atomic E-state index is 6.33. The van der Waals surface area contributed by atoms with Crippen LogP contribution in [0.1, 0.15) is 33.1 Å². The molecule has 0 bridgehead atoms. The lowest BCUT2D eigenvalue weighted by atomic mass is 9.80. The van der Waals surface area contributed by atoms with E-state index in [4.69, 9.17) is 11.6 Å². The molecule has 5 nitrogen and oxygen atoms in total. The molecule has 112 valence electrons. The predicted molar refractivity (Wildman–Crippen MR) is 83.8 cm³/mol. The number of hydrogen-bond donors (Lipinski definition) is 1. The monoisotopic (exact) mass is 305 g/mol. The van der Waals surface area contributed by atoms with Crippen LogP contribution in [0.5, 0.6) is 0 Å². The molecule has 0 spiro atoms. The molecule has 0 amide bonds. The third kappa shape index (κ3) is 3.18. The highest BCUT2D eigenvalue weighted by molar-refractivity contribution is 6.33. The molecule has 0 saturated heterocycles. The zero-order chi connectivity index (χ0) is 14.8. The molecule has 1 aliphatic rings. The smallest absolute Gasteiger partial charge is 0.143 e. The second kappa shape index (κ2) is 6.02. The van der Waals surface area contributed by atoms with Gasteiger partial charge in [-0.05, 0) is 59.7 Å². The molecule has 1 aromatic heterocycles. The van der Waals surface area contributed by atoms with Crippen LogP contribution in [0.25, 0.3) is 5.69 Å². The van der Waals surface area contributed by atoms with E-state index >= 15 is 0 Å². The highest BCUT2D eigenvalue weighted by atomic mass is 35.5. The lowest BCUT2D eigenvalue weighted by molar-refractivity contribution is 0.276. The Kier molecular flexibility index (Phi) is 4.10. The first-order valence-electron chi connectivity index (χ1n) is 7.43. The van der Waals surface area contributed by atoms with Crippen LogP contribution in [0.4, 0.5) is 5.69 Å². The predicted octanol–water partition coefficient (Wildman–Crippen LogP) is 3.55. The molecular weight excluding hydrogens is 286 g/mol. The van der Waals surface area contributed by atoms with Crippen LogP contribution >= 0.6 is 11.6 Å². The average molecular weight is 306 g/mol. The van der Waals surface area contributed by atoms with Crippen LogP contribution in [0.2, 0.25) is 5.02 Å². The van der Waals surface area contributed by atoms with Crippen molar-refractivity contribution < 1.29 is 0 Å². The Morgan fingerprint density at radius 1 is 1.29 bits per heavy atom. The zero-order valence-electron chi connectivity index (χ0n) is 12.3. The van der Waals surface area contributed by atoms with Crippen LogP contribution in [-0.4, -0.2) is 26.2 Å². The molecule has 21 heavy (non-hydrogen) atoms. The number of hydrogen-bond acceptors (Lipinski definition) is 4. The van der Waals surface area contributed by atoms with Gasteiger partial charge in [0.15, 0.2) is 0 Å². The molecule has 3 atom stereocenters. The van der Waals surface area contributed by atoms with Crippen LogP contribution < -0.4 is 5.32 Å². The Bertz CT molecular complexity index is 598. The summed E-state index contributed by atoms with van der Waals surface area (Å²) in [6.07, 6.45) is 5.31. The van der Waals surface area contributed by atoms with E-state index in [0.717, 1.165) is 22.3 Å². The van der Waals surface area contributed by atoms with Crippen LogP contribution in [0, 0.1) is 11.8 Å². The number of nitrogens with zero attached hydrogens (tertiary/aromatic N) is 4. The first-order valence-corrected chi connectivity index (χ1v) is 7.80.